The van der Waals surface area contributed by atoms with Gasteiger partial charge in [0.1, 0.15) is 11.5 Å². The minimum Gasteiger partial charge on any atom is -0.455 e. The lowest BCUT2D eigenvalue weighted by Gasteiger charge is -2.19. The zero-order valence-corrected chi connectivity index (χ0v) is 22.4. The summed E-state index contributed by atoms with van der Waals surface area (Å²) < 4.78 is 7.20. The summed E-state index contributed by atoms with van der Waals surface area (Å²) >= 11 is 0. The first kappa shape index (κ1) is 23.5. The van der Waals surface area contributed by atoms with Crippen LogP contribution < -0.4 is 4.74 Å². The molecule has 0 radical (unpaired) electrons. The largest absolute Gasteiger partial charge is 0.455 e. The highest BCUT2D eigenvalue weighted by molar-refractivity contribution is 6.01. The van der Waals surface area contributed by atoms with Gasteiger partial charge >= 0.3 is 0 Å². The number of benzene rings is 8. The summed E-state index contributed by atoms with van der Waals surface area (Å²) in [6.45, 7) is 0. The van der Waals surface area contributed by atoms with E-state index in [0.717, 1.165) is 55.3 Å². The van der Waals surface area contributed by atoms with E-state index in [1.807, 2.05) is 0 Å². The van der Waals surface area contributed by atoms with Gasteiger partial charge in [-0.3, -0.25) is 0 Å². The fraction of sp³-hybridized carbons (Fsp3) is 0. The molecule has 0 saturated carbocycles. The second-order valence-electron chi connectivity index (χ2n) is 10.6. The van der Waals surface area contributed by atoms with Crippen LogP contribution in [-0.4, -0.2) is 0 Å². The number of rotatable bonds is 4. The first-order chi connectivity index (χ1) is 20.3. The zero-order chi connectivity index (χ0) is 27.2. The molecule has 8 aromatic rings. The van der Waals surface area contributed by atoms with Crippen LogP contribution in [0.2, 0.25) is 0 Å². The molecule has 0 aromatic heterocycles. The molecule has 0 fully saturated rings. The highest BCUT2D eigenvalue weighted by atomic mass is 16.5. The van der Waals surface area contributed by atoms with E-state index in [1.54, 1.807) is 0 Å². The standard InChI is InChI=1S/C40H26O/c1-3-13-31-25-33(19-17-27(31)9-1)37-23-21-29-11-5-7-15-35(29)39(37)41-40-36-16-8-6-12-30(36)22-24-38(40)34-20-18-28-10-2-4-14-32(28)26-34/h1-26H. The van der Waals surface area contributed by atoms with E-state index in [4.69, 9.17) is 4.74 Å². The molecule has 0 heterocycles. The van der Waals surface area contributed by atoms with Crippen LogP contribution in [0.25, 0.3) is 65.3 Å². The molecule has 1 nitrogen and oxygen atoms in total. The second-order valence-corrected chi connectivity index (χ2v) is 10.6. The summed E-state index contributed by atoms with van der Waals surface area (Å²) in [5, 5.41) is 9.38. The molecule has 0 atom stereocenters. The van der Waals surface area contributed by atoms with Gasteiger partial charge in [-0.05, 0) is 67.7 Å². The van der Waals surface area contributed by atoms with Gasteiger partial charge in [-0.2, -0.15) is 0 Å². The van der Waals surface area contributed by atoms with E-state index in [-0.39, 0.29) is 0 Å². The van der Waals surface area contributed by atoms with Gasteiger partial charge in [0, 0.05) is 21.9 Å². The van der Waals surface area contributed by atoms with E-state index in [2.05, 4.69) is 158 Å². The molecule has 8 aromatic carbocycles. The van der Waals surface area contributed by atoms with Crippen molar-refractivity contribution < 1.29 is 4.74 Å². The van der Waals surface area contributed by atoms with Gasteiger partial charge < -0.3 is 4.74 Å². The number of fused-ring (bicyclic) bond motifs is 4. The van der Waals surface area contributed by atoms with Crippen molar-refractivity contribution >= 4 is 43.1 Å². The molecular formula is C40H26O. The fourth-order valence-corrected chi connectivity index (χ4v) is 5.98. The highest BCUT2D eigenvalue weighted by Gasteiger charge is 2.18. The van der Waals surface area contributed by atoms with Gasteiger partial charge in [0.25, 0.3) is 0 Å². The van der Waals surface area contributed by atoms with Gasteiger partial charge in [0.2, 0.25) is 0 Å². The van der Waals surface area contributed by atoms with Crippen molar-refractivity contribution in [3.8, 4) is 33.8 Å². The minimum absolute atomic E-state index is 0.872. The van der Waals surface area contributed by atoms with E-state index in [9.17, 15) is 0 Å². The Morgan fingerprint density at radius 3 is 1.12 bits per heavy atom. The summed E-state index contributed by atoms with van der Waals surface area (Å²) in [5.74, 6) is 1.74. The highest BCUT2D eigenvalue weighted by Crippen LogP contribution is 2.45. The SMILES string of the molecule is c1ccc2cc(-c3ccc4ccccc4c3Oc3c(-c4ccc5ccccc5c4)ccc4ccccc34)ccc2c1. The van der Waals surface area contributed by atoms with Crippen LogP contribution in [0.5, 0.6) is 11.5 Å². The third kappa shape index (κ3) is 4.11. The van der Waals surface area contributed by atoms with Crippen LogP contribution in [0, 0.1) is 0 Å². The smallest absolute Gasteiger partial charge is 0.143 e. The van der Waals surface area contributed by atoms with Crippen molar-refractivity contribution in [1.29, 1.82) is 0 Å². The average Bonchev–Trinajstić information content (AvgIpc) is 3.04. The van der Waals surface area contributed by atoms with Crippen LogP contribution in [-0.2, 0) is 0 Å². The normalized spacial score (nSPS) is 11.4. The van der Waals surface area contributed by atoms with E-state index >= 15 is 0 Å². The van der Waals surface area contributed by atoms with Crippen molar-refractivity contribution in [3.63, 3.8) is 0 Å². The number of hydrogen-bond acceptors (Lipinski definition) is 1. The molecule has 8 rings (SSSR count). The quantitative estimate of drug-likeness (QED) is 0.223. The number of ether oxygens (including phenoxy) is 1. The lowest BCUT2D eigenvalue weighted by atomic mass is 9.96. The van der Waals surface area contributed by atoms with Crippen LogP contribution in [0.1, 0.15) is 0 Å². The minimum atomic E-state index is 0.872. The van der Waals surface area contributed by atoms with Crippen molar-refractivity contribution in [2.24, 2.45) is 0 Å². The predicted molar refractivity (Wildman–Crippen MR) is 174 cm³/mol. The Bertz CT molecular complexity index is 2080. The third-order valence-corrected chi connectivity index (χ3v) is 8.08. The van der Waals surface area contributed by atoms with Crippen LogP contribution >= 0.6 is 0 Å². The van der Waals surface area contributed by atoms with Gasteiger partial charge in [-0.15, -0.1) is 0 Å². The summed E-state index contributed by atoms with van der Waals surface area (Å²) in [7, 11) is 0. The molecule has 0 unspecified atom stereocenters. The Morgan fingerprint density at radius 1 is 0.293 bits per heavy atom. The molecule has 0 aliphatic carbocycles. The zero-order valence-electron chi connectivity index (χ0n) is 22.4. The maximum Gasteiger partial charge on any atom is 0.143 e. The van der Waals surface area contributed by atoms with Crippen molar-refractivity contribution in [2.45, 2.75) is 0 Å². The molecule has 0 saturated heterocycles. The van der Waals surface area contributed by atoms with Gasteiger partial charge in [-0.25, -0.2) is 0 Å². The first-order valence-corrected chi connectivity index (χ1v) is 14.0. The molecule has 41 heavy (non-hydrogen) atoms. The number of hydrogen-bond donors (Lipinski definition) is 0. The summed E-state index contributed by atoms with van der Waals surface area (Å²) in [6, 6.07) is 56.1. The molecule has 192 valence electrons. The Labute approximate surface area is 238 Å². The fourth-order valence-electron chi connectivity index (χ4n) is 5.98. The van der Waals surface area contributed by atoms with Crippen molar-refractivity contribution in [3.05, 3.63) is 158 Å². The first-order valence-electron chi connectivity index (χ1n) is 14.0. The van der Waals surface area contributed by atoms with Crippen molar-refractivity contribution in [1.82, 2.24) is 0 Å². The second kappa shape index (κ2) is 9.66. The lowest BCUT2D eigenvalue weighted by molar-refractivity contribution is 0.497. The van der Waals surface area contributed by atoms with Crippen molar-refractivity contribution in [2.75, 3.05) is 0 Å². The van der Waals surface area contributed by atoms with Gasteiger partial charge in [-0.1, -0.05) is 133 Å². The van der Waals surface area contributed by atoms with Crippen LogP contribution in [0.4, 0.5) is 0 Å². The van der Waals surface area contributed by atoms with Crippen LogP contribution in [0.15, 0.2) is 158 Å². The van der Waals surface area contributed by atoms with Gasteiger partial charge in [0.05, 0.1) is 0 Å². The van der Waals surface area contributed by atoms with E-state index < -0.39 is 0 Å². The Morgan fingerprint density at radius 2 is 0.659 bits per heavy atom. The third-order valence-electron chi connectivity index (χ3n) is 8.08. The monoisotopic (exact) mass is 522 g/mol. The molecule has 0 N–H and O–H groups in total. The Balaban J connectivity index is 1.39. The topological polar surface area (TPSA) is 9.23 Å². The Hall–Kier alpha value is -5.40. The molecule has 0 spiro atoms. The summed E-state index contributed by atoms with van der Waals surface area (Å²) in [6.07, 6.45) is 0. The molecular weight excluding hydrogens is 496 g/mol. The maximum atomic E-state index is 7.20. The summed E-state index contributed by atoms with van der Waals surface area (Å²) in [5.41, 5.74) is 4.42. The molecule has 0 aliphatic heterocycles. The average molecular weight is 523 g/mol. The van der Waals surface area contributed by atoms with Crippen LogP contribution in [0.3, 0.4) is 0 Å². The predicted octanol–water partition coefficient (Wildman–Crippen LogP) is 11.4. The maximum absolute atomic E-state index is 7.20. The molecule has 0 amide bonds. The molecule has 0 aliphatic rings. The van der Waals surface area contributed by atoms with Gasteiger partial charge in [0.15, 0.2) is 0 Å². The Kier molecular flexibility index (Phi) is 5.53. The molecule has 0 bridgehead atoms. The van der Waals surface area contributed by atoms with E-state index in [0.29, 0.717) is 0 Å². The molecule has 1 heteroatoms. The summed E-state index contributed by atoms with van der Waals surface area (Å²) in [4.78, 5) is 0. The lowest BCUT2D eigenvalue weighted by Crippen LogP contribution is -1.94. The van der Waals surface area contributed by atoms with E-state index in [1.165, 1.54) is 21.5 Å².